The van der Waals surface area contributed by atoms with Crippen LogP contribution in [0.5, 0.6) is 0 Å². The summed E-state index contributed by atoms with van der Waals surface area (Å²) in [5.41, 5.74) is 9.28. The Kier molecular flexibility index (Phi) is 5.21. The predicted octanol–water partition coefficient (Wildman–Crippen LogP) is 2.62. The second kappa shape index (κ2) is 6.96. The van der Waals surface area contributed by atoms with Crippen molar-refractivity contribution in [1.82, 2.24) is 15.1 Å². The highest BCUT2D eigenvalue weighted by atomic mass is 16.2. The molecule has 0 aliphatic heterocycles. The summed E-state index contributed by atoms with van der Waals surface area (Å²) in [4.78, 5) is 12.3. The highest BCUT2D eigenvalue weighted by Crippen LogP contribution is 2.17. The van der Waals surface area contributed by atoms with E-state index in [0.29, 0.717) is 13.0 Å². The monoisotopic (exact) mass is 314 g/mol. The van der Waals surface area contributed by atoms with Crippen molar-refractivity contribution >= 4 is 5.91 Å². The molecule has 0 aliphatic carbocycles. The maximum absolute atomic E-state index is 12.3. The number of aryl methyl sites for hydroxylation is 2. The number of para-hydroxylation sites is 1. The molecule has 2 rings (SSSR count). The Morgan fingerprint density at radius 3 is 2.65 bits per heavy atom. The number of aromatic nitrogens is 2. The second-order valence-electron chi connectivity index (χ2n) is 6.32. The summed E-state index contributed by atoms with van der Waals surface area (Å²) in [5, 5.41) is 7.48. The summed E-state index contributed by atoms with van der Waals surface area (Å²) in [5.74, 6) is -0.123. The smallest absolute Gasteiger partial charge is 0.240 e. The van der Waals surface area contributed by atoms with E-state index in [2.05, 4.69) is 10.4 Å². The first-order chi connectivity index (χ1) is 10.8. The van der Waals surface area contributed by atoms with Crippen molar-refractivity contribution in [2.75, 3.05) is 0 Å². The van der Waals surface area contributed by atoms with Crippen LogP contribution in [0.2, 0.25) is 0 Å². The molecule has 2 aromatic rings. The molecule has 1 heterocycles. The van der Waals surface area contributed by atoms with E-state index in [9.17, 15) is 4.79 Å². The molecule has 3 N–H and O–H groups in total. The molecule has 1 aromatic carbocycles. The average molecular weight is 314 g/mol. The second-order valence-corrected chi connectivity index (χ2v) is 6.32. The molecular weight excluding hydrogens is 288 g/mol. The maximum Gasteiger partial charge on any atom is 0.240 e. The average Bonchev–Trinajstić information content (AvgIpc) is 2.83. The molecule has 0 spiro atoms. The molecule has 0 aliphatic rings. The predicted molar refractivity (Wildman–Crippen MR) is 92.4 cm³/mol. The number of hydrogen-bond donors (Lipinski definition) is 2. The number of nitrogens with zero attached hydrogens (tertiary/aromatic N) is 2. The van der Waals surface area contributed by atoms with Gasteiger partial charge in [-0.1, -0.05) is 31.5 Å². The van der Waals surface area contributed by atoms with Gasteiger partial charge < -0.3 is 11.1 Å². The summed E-state index contributed by atoms with van der Waals surface area (Å²) in [6, 6.07) is 9.98. The Morgan fingerprint density at radius 1 is 1.35 bits per heavy atom. The first-order valence-corrected chi connectivity index (χ1v) is 8.04. The van der Waals surface area contributed by atoms with Gasteiger partial charge in [0.25, 0.3) is 0 Å². The van der Waals surface area contributed by atoms with E-state index >= 15 is 0 Å². The van der Waals surface area contributed by atoms with E-state index in [1.807, 2.05) is 55.8 Å². The zero-order valence-corrected chi connectivity index (χ0v) is 14.4. The minimum Gasteiger partial charge on any atom is -0.350 e. The summed E-state index contributed by atoms with van der Waals surface area (Å²) in [6.45, 7) is 8.23. The highest BCUT2D eigenvalue weighted by Gasteiger charge is 2.26. The number of benzene rings is 1. The van der Waals surface area contributed by atoms with Crippen LogP contribution in [0.25, 0.3) is 5.69 Å². The van der Waals surface area contributed by atoms with Gasteiger partial charge in [0, 0.05) is 12.2 Å². The molecule has 0 bridgehead atoms. The number of hydrogen-bond acceptors (Lipinski definition) is 3. The molecule has 124 valence electrons. The Labute approximate surface area is 137 Å². The van der Waals surface area contributed by atoms with Crippen molar-refractivity contribution in [2.24, 2.45) is 5.73 Å². The van der Waals surface area contributed by atoms with Crippen LogP contribution in [0.1, 0.15) is 43.6 Å². The largest absolute Gasteiger partial charge is 0.350 e. The minimum atomic E-state index is -0.831. The zero-order chi connectivity index (χ0) is 17.0. The summed E-state index contributed by atoms with van der Waals surface area (Å²) in [7, 11) is 0. The third-order valence-electron chi connectivity index (χ3n) is 3.96. The lowest BCUT2D eigenvalue weighted by Crippen LogP contribution is -2.51. The molecule has 5 heteroatoms. The normalized spacial score (nSPS) is 13.6. The van der Waals surface area contributed by atoms with Gasteiger partial charge in [0.05, 0.1) is 16.9 Å². The van der Waals surface area contributed by atoms with Gasteiger partial charge in [-0.15, -0.1) is 0 Å². The van der Waals surface area contributed by atoms with Crippen molar-refractivity contribution in [2.45, 2.75) is 52.6 Å². The van der Waals surface area contributed by atoms with Crippen LogP contribution in [0.3, 0.4) is 0 Å². The molecule has 0 saturated heterocycles. The number of carbonyl (C=O) groups is 1. The van der Waals surface area contributed by atoms with Gasteiger partial charge in [0.15, 0.2) is 0 Å². The van der Waals surface area contributed by atoms with E-state index in [0.717, 1.165) is 29.1 Å². The number of carbonyl (C=O) groups excluding carboxylic acids is 1. The van der Waals surface area contributed by atoms with Crippen molar-refractivity contribution in [3.63, 3.8) is 0 Å². The number of amides is 1. The third kappa shape index (κ3) is 3.99. The Balaban J connectivity index is 2.19. The molecule has 5 nitrogen and oxygen atoms in total. The fraction of sp³-hybridized carbons (Fsp3) is 0.444. The van der Waals surface area contributed by atoms with E-state index in [-0.39, 0.29) is 5.91 Å². The zero-order valence-electron chi connectivity index (χ0n) is 14.4. The maximum atomic E-state index is 12.3. The number of rotatable bonds is 6. The molecule has 1 atom stereocenters. The number of nitrogens with two attached hydrogens (primary N) is 1. The first kappa shape index (κ1) is 17.2. The lowest BCUT2D eigenvalue weighted by molar-refractivity contribution is -0.126. The molecule has 0 radical (unpaired) electrons. The van der Waals surface area contributed by atoms with E-state index in [1.54, 1.807) is 6.92 Å². The standard InChI is InChI=1S/C18H26N4O/c1-5-10-18(4,19)17(23)20-12-15-8-6-7-9-16(15)22-14(3)11-13(2)21-22/h6-9,11H,5,10,12,19H2,1-4H3,(H,20,23). The topological polar surface area (TPSA) is 72.9 Å². The van der Waals surface area contributed by atoms with Crippen molar-refractivity contribution in [3.8, 4) is 5.69 Å². The molecule has 0 fully saturated rings. The van der Waals surface area contributed by atoms with Crippen molar-refractivity contribution < 1.29 is 4.79 Å². The van der Waals surface area contributed by atoms with Crippen LogP contribution < -0.4 is 11.1 Å². The molecule has 23 heavy (non-hydrogen) atoms. The first-order valence-electron chi connectivity index (χ1n) is 8.04. The van der Waals surface area contributed by atoms with Gasteiger partial charge in [0.1, 0.15) is 0 Å². The van der Waals surface area contributed by atoms with Crippen LogP contribution in [0.4, 0.5) is 0 Å². The van der Waals surface area contributed by atoms with Crippen molar-refractivity contribution in [3.05, 3.63) is 47.3 Å². The van der Waals surface area contributed by atoms with Crippen LogP contribution >= 0.6 is 0 Å². The molecule has 1 aromatic heterocycles. The van der Waals surface area contributed by atoms with E-state index in [4.69, 9.17) is 5.73 Å². The van der Waals surface area contributed by atoms with Gasteiger partial charge in [-0.2, -0.15) is 5.10 Å². The van der Waals surface area contributed by atoms with Crippen LogP contribution in [0.15, 0.2) is 30.3 Å². The van der Waals surface area contributed by atoms with Gasteiger partial charge in [-0.05, 0) is 44.9 Å². The van der Waals surface area contributed by atoms with E-state index < -0.39 is 5.54 Å². The van der Waals surface area contributed by atoms with Crippen molar-refractivity contribution in [1.29, 1.82) is 0 Å². The molecule has 1 unspecified atom stereocenters. The lowest BCUT2D eigenvalue weighted by atomic mass is 9.96. The Hall–Kier alpha value is -2.14. The molecule has 0 saturated carbocycles. The highest BCUT2D eigenvalue weighted by molar-refractivity contribution is 5.85. The van der Waals surface area contributed by atoms with Gasteiger partial charge in [-0.3, -0.25) is 4.79 Å². The van der Waals surface area contributed by atoms with Crippen LogP contribution in [-0.4, -0.2) is 21.2 Å². The third-order valence-corrected chi connectivity index (χ3v) is 3.96. The summed E-state index contributed by atoms with van der Waals surface area (Å²) in [6.07, 6.45) is 1.54. The van der Waals surface area contributed by atoms with E-state index in [1.165, 1.54) is 0 Å². The Morgan fingerprint density at radius 2 is 2.04 bits per heavy atom. The van der Waals surface area contributed by atoms with Gasteiger partial charge >= 0.3 is 0 Å². The lowest BCUT2D eigenvalue weighted by Gasteiger charge is -2.23. The molecule has 1 amide bonds. The number of nitrogens with one attached hydrogen (secondary N) is 1. The minimum absolute atomic E-state index is 0.123. The summed E-state index contributed by atoms with van der Waals surface area (Å²) >= 11 is 0. The van der Waals surface area contributed by atoms with Gasteiger partial charge in [0.2, 0.25) is 5.91 Å². The molecular formula is C18H26N4O. The summed E-state index contributed by atoms with van der Waals surface area (Å²) < 4.78 is 1.91. The van der Waals surface area contributed by atoms with Crippen LogP contribution in [-0.2, 0) is 11.3 Å². The SMILES string of the molecule is CCCC(C)(N)C(=O)NCc1ccccc1-n1nc(C)cc1C. The Bertz CT molecular complexity index is 688. The fourth-order valence-electron chi connectivity index (χ4n) is 2.75. The van der Waals surface area contributed by atoms with Gasteiger partial charge in [-0.25, -0.2) is 4.68 Å². The fourth-order valence-corrected chi connectivity index (χ4v) is 2.75. The quantitative estimate of drug-likeness (QED) is 0.861. The van der Waals surface area contributed by atoms with Crippen LogP contribution in [0, 0.1) is 13.8 Å².